The molecule has 0 aliphatic heterocycles. The van der Waals surface area contributed by atoms with Crippen LogP contribution in [0.25, 0.3) is 10.1 Å². The zero-order chi connectivity index (χ0) is 8.72. The molecule has 0 saturated heterocycles. The van der Waals surface area contributed by atoms with Gasteiger partial charge in [-0.1, -0.05) is 11.6 Å². The van der Waals surface area contributed by atoms with E-state index in [9.17, 15) is 4.79 Å². The lowest BCUT2D eigenvalue weighted by atomic mass is 10.2. The molecule has 12 heavy (non-hydrogen) atoms. The Bertz CT molecular complexity index is 485. The lowest BCUT2D eigenvalue weighted by Crippen LogP contribution is -2.07. The molecule has 2 aromatic heterocycles. The maximum absolute atomic E-state index is 11.2. The number of aryl methyl sites for hydroxylation is 1. The third kappa shape index (κ3) is 0.974. The van der Waals surface area contributed by atoms with Gasteiger partial charge in [-0.2, -0.15) is 0 Å². The first-order chi connectivity index (χ1) is 5.70. The predicted octanol–water partition coefficient (Wildman–Crippen LogP) is 2.55. The number of thiophene rings is 1. The van der Waals surface area contributed by atoms with Gasteiger partial charge in [0.1, 0.15) is 5.02 Å². The smallest absolute Gasteiger partial charge is 0.268 e. The molecule has 2 rings (SSSR count). The largest absolute Gasteiger partial charge is 0.325 e. The van der Waals surface area contributed by atoms with Gasteiger partial charge in [-0.05, 0) is 18.4 Å². The topological polar surface area (TPSA) is 32.9 Å². The zero-order valence-corrected chi connectivity index (χ0v) is 7.92. The average molecular weight is 200 g/mol. The minimum atomic E-state index is -0.205. The van der Waals surface area contributed by atoms with Crippen molar-refractivity contribution in [1.29, 1.82) is 0 Å². The van der Waals surface area contributed by atoms with E-state index in [-0.39, 0.29) is 5.56 Å². The second-order valence-electron chi connectivity index (χ2n) is 2.56. The Kier molecular flexibility index (Phi) is 1.70. The van der Waals surface area contributed by atoms with Crippen LogP contribution < -0.4 is 5.56 Å². The summed E-state index contributed by atoms with van der Waals surface area (Å²) in [6.07, 6.45) is 0. The van der Waals surface area contributed by atoms with Gasteiger partial charge in [-0.15, -0.1) is 11.3 Å². The molecule has 0 atom stereocenters. The number of halogens is 1. The molecule has 0 fully saturated rings. The summed E-state index contributed by atoms with van der Waals surface area (Å²) in [5.74, 6) is 0. The van der Waals surface area contributed by atoms with Crippen molar-refractivity contribution in [3.05, 3.63) is 32.5 Å². The fraction of sp³-hybridized carbons (Fsp3) is 0.125. The number of hydrogen-bond donors (Lipinski definition) is 1. The summed E-state index contributed by atoms with van der Waals surface area (Å²) in [6.45, 7) is 1.87. The molecule has 0 bridgehead atoms. The molecule has 0 saturated carbocycles. The quantitative estimate of drug-likeness (QED) is 0.695. The number of aromatic nitrogens is 1. The summed E-state index contributed by atoms with van der Waals surface area (Å²) < 4.78 is 0.873. The summed E-state index contributed by atoms with van der Waals surface area (Å²) in [6, 6.07) is 1.96. The van der Waals surface area contributed by atoms with E-state index in [1.54, 1.807) is 0 Å². The molecule has 0 aliphatic rings. The lowest BCUT2D eigenvalue weighted by Gasteiger charge is -1.96. The second-order valence-corrected chi connectivity index (χ2v) is 3.85. The molecule has 2 heterocycles. The van der Waals surface area contributed by atoms with Crippen LogP contribution in [0.1, 0.15) is 5.69 Å². The van der Waals surface area contributed by atoms with Crippen LogP contribution in [0.4, 0.5) is 0 Å². The first-order valence-corrected chi connectivity index (χ1v) is 4.71. The monoisotopic (exact) mass is 199 g/mol. The molecule has 0 aliphatic carbocycles. The van der Waals surface area contributed by atoms with E-state index in [0.717, 1.165) is 15.8 Å². The molecule has 4 heteroatoms. The molecule has 2 aromatic rings. The van der Waals surface area contributed by atoms with Gasteiger partial charge in [0.05, 0.1) is 4.70 Å². The summed E-state index contributed by atoms with van der Waals surface area (Å²) in [4.78, 5) is 13.9. The van der Waals surface area contributed by atoms with Crippen molar-refractivity contribution in [1.82, 2.24) is 4.98 Å². The molecular weight excluding hydrogens is 194 g/mol. The fourth-order valence-electron chi connectivity index (χ4n) is 1.17. The Morgan fingerprint density at radius 2 is 2.33 bits per heavy atom. The average Bonchev–Trinajstić information content (AvgIpc) is 2.48. The van der Waals surface area contributed by atoms with Crippen molar-refractivity contribution < 1.29 is 0 Å². The molecule has 1 N–H and O–H groups in total. The SMILES string of the molecule is Cc1[nH]c(=O)c(Cl)c2sccc12. The Morgan fingerprint density at radius 3 is 3.08 bits per heavy atom. The summed E-state index contributed by atoms with van der Waals surface area (Å²) in [5, 5.41) is 3.26. The van der Waals surface area contributed by atoms with Crippen LogP contribution in [0.3, 0.4) is 0 Å². The first kappa shape index (κ1) is 7.83. The minimum Gasteiger partial charge on any atom is -0.325 e. The predicted molar refractivity (Wildman–Crippen MR) is 52.2 cm³/mol. The van der Waals surface area contributed by atoms with E-state index in [1.165, 1.54) is 11.3 Å². The van der Waals surface area contributed by atoms with Crippen LogP contribution in [0.2, 0.25) is 5.02 Å². The van der Waals surface area contributed by atoms with Crippen LogP contribution in [0.5, 0.6) is 0 Å². The number of pyridine rings is 1. The third-order valence-electron chi connectivity index (χ3n) is 1.77. The summed E-state index contributed by atoms with van der Waals surface area (Å²) in [5.41, 5.74) is 0.671. The highest BCUT2D eigenvalue weighted by Gasteiger charge is 2.06. The molecule has 2 nitrogen and oxygen atoms in total. The second kappa shape index (κ2) is 2.61. The number of aromatic amines is 1. The maximum atomic E-state index is 11.2. The molecule has 0 spiro atoms. The number of rotatable bonds is 0. The van der Waals surface area contributed by atoms with Gasteiger partial charge in [0, 0.05) is 11.1 Å². The van der Waals surface area contributed by atoms with Crippen LogP contribution in [0, 0.1) is 6.92 Å². The van der Waals surface area contributed by atoms with Gasteiger partial charge in [-0.25, -0.2) is 0 Å². The fourth-order valence-corrected chi connectivity index (χ4v) is 2.34. The minimum absolute atomic E-state index is 0.205. The van der Waals surface area contributed by atoms with Crippen LogP contribution >= 0.6 is 22.9 Å². The van der Waals surface area contributed by atoms with E-state index in [4.69, 9.17) is 11.6 Å². The third-order valence-corrected chi connectivity index (χ3v) is 3.17. The summed E-state index contributed by atoms with van der Waals surface area (Å²) >= 11 is 7.30. The number of H-pyrrole nitrogens is 1. The van der Waals surface area contributed by atoms with E-state index in [0.29, 0.717) is 5.02 Å². The van der Waals surface area contributed by atoms with Gasteiger partial charge in [-0.3, -0.25) is 4.79 Å². The molecule has 62 valence electrons. The van der Waals surface area contributed by atoms with E-state index in [1.807, 2.05) is 18.4 Å². The Hall–Kier alpha value is -0.800. The van der Waals surface area contributed by atoms with E-state index < -0.39 is 0 Å². The lowest BCUT2D eigenvalue weighted by molar-refractivity contribution is 1.18. The Morgan fingerprint density at radius 1 is 1.58 bits per heavy atom. The number of hydrogen-bond acceptors (Lipinski definition) is 2. The summed E-state index contributed by atoms with van der Waals surface area (Å²) in [7, 11) is 0. The zero-order valence-electron chi connectivity index (χ0n) is 6.35. The first-order valence-electron chi connectivity index (χ1n) is 3.45. The molecule has 0 aromatic carbocycles. The van der Waals surface area contributed by atoms with Crippen molar-refractivity contribution in [2.45, 2.75) is 6.92 Å². The molecule has 0 radical (unpaired) electrons. The molecular formula is C8H6ClNOS. The molecule has 0 unspecified atom stereocenters. The van der Waals surface area contributed by atoms with Gasteiger partial charge in [0.15, 0.2) is 0 Å². The van der Waals surface area contributed by atoms with Crippen LogP contribution in [-0.4, -0.2) is 4.98 Å². The van der Waals surface area contributed by atoms with Gasteiger partial charge < -0.3 is 4.98 Å². The highest BCUT2D eigenvalue weighted by atomic mass is 35.5. The van der Waals surface area contributed by atoms with E-state index in [2.05, 4.69) is 4.98 Å². The Labute approximate surface area is 77.8 Å². The number of nitrogens with one attached hydrogen (secondary N) is 1. The van der Waals surface area contributed by atoms with Gasteiger partial charge in [0.2, 0.25) is 0 Å². The molecule has 0 amide bonds. The van der Waals surface area contributed by atoms with Crippen molar-refractivity contribution in [2.24, 2.45) is 0 Å². The van der Waals surface area contributed by atoms with E-state index >= 15 is 0 Å². The van der Waals surface area contributed by atoms with Crippen LogP contribution in [-0.2, 0) is 0 Å². The van der Waals surface area contributed by atoms with Gasteiger partial charge >= 0.3 is 0 Å². The van der Waals surface area contributed by atoms with Crippen molar-refractivity contribution in [2.75, 3.05) is 0 Å². The highest BCUT2D eigenvalue weighted by Crippen LogP contribution is 2.26. The van der Waals surface area contributed by atoms with Crippen molar-refractivity contribution in [3.8, 4) is 0 Å². The maximum Gasteiger partial charge on any atom is 0.268 e. The highest BCUT2D eigenvalue weighted by molar-refractivity contribution is 7.17. The van der Waals surface area contributed by atoms with Crippen molar-refractivity contribution in [3.63, 3.8) is 0 Å². The number of fused-ring (bicyclic) bond motifs is 1. The van der Waals surface area contributed by atoms with Crippen LogP contribution in [0.15, 0.2) is 16.2 Å². The van der Waals surface area contributed by atoms with Gasteiger partial charge in [0.25, 0.3) is 5.56 Å². The standard InChI is InChI=1S/C8H6ClNOS/c1-4-5-2-3-12-7(5)6(9)8(11)10-4/h2-3H,1H3,(H,10,11). The van der Waals surface area contributed by atoms with Crippen molar-refractivity contribution >= 4 is 33.0 Å². The Balaban J connectivity index is 3.07. The normalized spacial score (nSPS) is 10.8.